The summed E-state index contributed by atoms with van der Waals surface area (Å²) in [6.07, 6.45) is 0.776. The number of carbonyl (C=O) groups is 2. The molecule has 2 aliphatic carbocycles. The van der Waals surface area contributed by atoms with E-state index in [2.05, 4.69) is 20.3 Å². The monoisotopic (exact) mass is 466 g/mol. The van der Waals surface area contributed by atoms with Crippen molar-refractivity contribution in [2.75, 3.05) is 5.32 Å². The molecule has 0 spiro atoms. The molecule has 2 saturated carbocycles. The molecule has 2 bridgehead atoms. The number of fused-ring (bicyclic) bond motifs is 3. The number of carbonyl (C=O) groups excluding carboxylic acids is 2. The van der Waals surface area contributed by atoms with Crippen LogP contribution in [0.25, 0.3) is 22.6 Å². The molecule has 3 N–H and O–H groups in total. The van der Waals surface area contributed by atoms with Crippen molar-refractivity contribution in [2.45, 2.75) is 38.3 Å². The average molecular weight is 466 g/mol. The van der Waals surface area contributed by atoms with Gasteiger partial charge in [0.25, 0.3) is 0 Å². The highest BCUT2D eigenvalue weighted by Gasteiger charge is 2.40. The summed E-state index contributed by atoms with van der Waals surface area (Å²) in [5.74, 6) is 0.300. The Morgan fingerprint density at radius 3 is 2.66 bits per heavy atom. The second kappa shape index (κ2) is 8.89. The van der Waals surface area contributed by atoms with E-state index < -0.39 is 12.1 Å². The number of thiazole rings is 1. The van der Waals surface area contributed by atoms with Gasteiger partial charge in [-0.2, -0.15) is 13.2 Å². The molecule has 1 amide bonds. The Hall–Kier alpha value is -2.95. The van der Waals surface area contributed by atoms with Gasteiger partial charge in [0.1, 0.15) is 5.97 Å². The van der Waals surface area contributed by atoms with Crippen molar-refractivity contribution >= 4 is 39.9 Å². The molecule has 5 rings (SSSR count). The lowest BCUT2D eigenvalue weighted by Crippen LogP contribution is -2.37. The molecule has 0 saturated heterocycles. The van der Waals surface area contributed by atoms with E-state index in [4.69, 9.17) is 9.90 Å². The summed E-state index contributed by atoms with van der Waals surface area (Å²) in [6, 6.07) is 5.94. The van der Waals surface area contributed by atoms with Crippen molar-refractivity contribution < 1.29 is 32.9 Å². The third kappa shape index (κ3) is 5.09. The van der Waals surface area contributed by atoms with Gasteiger partial charge in [-0.25, -0.2) is 15.0 Å². The van der Waals surface area contributed by atoms with Gasteiger partial charge in [-0.05, 0) is 49.1 Å². The number of aliphatic carboxylic acids is 1. The van der Waals surface area contributed by atoms with E-state index in [0.717, 1.165) is 40.1 Å². The summed E-state index contributed by atoms with van der Waals surface area (Å²) in [5, 5.41) is 13.9. The number of nitrogens with one attached hydrogen (secondary N) is 3. The lowest BCUT2D eigenvalue weighted by atomic mass is 9.86. The number of imidazole rings is 1. The molecule has 1 aromatic carbocycles. The van der Waals surface area contributed by atoms with Crippen molar-refractivity contribution in [2.24, 2.45) is 17.8 Å². The Kier molecular flexibility index (Phi) is 6.18. The molecule has 2 fully saturated rings. The predicted octanol–water partition coefficient (Wildman–Crippen LogP) is 3.17. The summed E-state index contributed by atoms with van der Waals surface area (Å²) in [7, 11) is 0. The first-order chi connectivity index (χ1) is 15.2. The Bertz CT molecular complexity index is 1110. The maximum Gasteiger partial charge on any atom is 0.430 e. The molecule has 1 unspecified atom stereocenters. The van der Waals surface area contributed by atoms with Crippen LogP contribution in [0.1, 0.15) is 32.1 Å². The number of alkyl halides is 3. The fourth-order valence-electron chi connectivity index (χ4n) is 4.68. The molecule has 7 nitrogen and oxygen atoms in total. The van der Waals surface area contributed by atoms with Crippen LogP contribution in [0.5, 0.6) is 0 Å². The van der Waals surface area contributed by atoms with E-state index >= 15 is 0 Å². The zero-order valence-corrected chi connectivity index (χ0v) is 17.7. The molecular formula is C21H21F3N4O3S. The zero-order chi connectivity index (χ0) is 22.9. The second-order valence-corrected chi connectivity index (χ2v) is 8.95. The molecular weight excluding hydrogens is 445 g/mol. The molecule has 11 heteroatoms. The lowest BCUT2D eigenvalue weighted by Gasteiger charge is -2.20. The minimum Gasteiger partial charge on any atom is -0.542 e. The maximum absolute atomic E-state index is 12.4. The Morgan fingerprint density at radius 2 is 2.06 bits per heavy atom. The van der Waals surface area contributed by atoms with Crippen molar-refractivity contribution in [3.8, 4) is 11.5 Å². The summed E-state index contributed by atoms with van der Waals surface area (Å²) >= 11 is 1.57. The highest BCUT2D eigenvalue weighted by atomic mass is 32.1. The minimum atomic E-state index is -5.19. The largest absolute Gasteiger partial charge is 0.542 e. The van der Waals surface area contributed by atoms with Crippen LogP contribution in [0.4, 0.5) is 18.9 Å². The number of anilines is 1. The number of carboxylic acids is 1. The zero-order valence-electron chi connectivity index (χ0n) is 16.9. The third-order valence-corrected chi connectivity index (χ3v) is 6.66. The number of H-pyrrole nitrogens is 2. The fraction of sp³-hybridized carbons (Fsp3) is 0.429. The van der Waals surface area contributed by atoms with Crippen LogP contribution in [0.15, 0.2) is 29.1 Å². The number of hydrogen-bond acceptors (Lipinski definition) is 5. The van der Waals surface area contributed by atoms with Crippen molar-refractivity contribution in [1.82, 2.24) is 9.97 Å². The van der Waals surface area contributed by atoms with Crippen LogP contribution >= 0.6 is 11.3 Å². The second-order valence-electron chi connectivity index (χ2n) is 8.23. The highest BCUT2D eigenvalue weighted by Crippen LogP contribution is 2.49. The normalized spacial score (nSPS) is 21.9. The first-order valence-corrected chi connectivity index (χ1v) is 11.1. The van der Waals surface area contributed by atoms with Crippen LogP contribution in [-0.4, -0.2) is 28.0 Å². The molecule has 0 radical (unpaired) electrons. The van der Waals surface area contributed by atoms with Gasteiger partial charge < -0.3 is 15.2 Å². The predicted molar refractivity (Wildman–Crippen MR) is 109 cm³/mol. The van der Waals surface area contributed by atoms with Gasteiger partial charge in [-0.3, -0.25) is 4.79 Å². The van der Waals surface area contributed by atoms with Gasteiger partial charge in [-0.1, -0.05) is 6.42 Å². The van der Waals surface area contributed by atoms with Gasteiger partial charge in [0.15, 0.2) is 16.7 Å². The number of nitrogens with zero attached hydrogens (tertiary/aromatic N) is 1. The van der Waals surface area contributed by atoms with Crippen LogP contribution in [0.3, 0.4) is 0 Å². The summed E-state index contributed by atoms with van der Waals surface area (Å²) in [5.41, 5.74) is 5.55. The van der Waals surface area contributed by atoms with Crippen LogP contribution < -0.4 is 15.4 Å². The van der Waals surface area contributed by atoms with Crippen molar-refractivity contribution in [3.63, 3.8) is 0 Å². The van der Waals surface area contributed by atoms with Gasteiger partial charge in [0.2, 0.25) is 5.91 Å². The van der Waals surface area contributed by atoms with E-state index in [9.17, 15) is 18.0 Å². The summed E-state index contributed by atoms with van der Waals surface area (Å²) in [6.45, 7) is 0. The Balaban J connectivity index is 0.000000307. The maximum atomic E-state index is 12.4. The van der Waals surface area contributed by atoms with E-state index in [1.54, 1.807) is 11.3 Å². The highest BCUT2D eigenvalue weighted by molar-refractivity contribution is 7.07. The van der Waals surface area contributed by atoms with Gasteiger partial charge >= 0.3 is 12.0 Å². The summed E-state index contributed by atoms with van der Waals surface area (Å²) in [4.78, 5) is 32.2. The van der Waals surface area contributed by atoms with Crippen molar-refractivity contribution in [1.29, 1.82) is 0 Å². The number of carboxylic acid groups (broad SMARTS) is 1. The Labute approximate surface area is 185 Å². The SMILES string of the molecule is O=C(CC1C[C@@H]2CC[C@H]1C2)Nc1ccc2[nH+]c(-c3cscn3)[nH]c2c1.O=C([O-])C(F)(F)F. The average Bonchev–Trinajstić information content (AvgIpc) is 3.50. The molecule has 2 heterocycles. The van der Waals surface area contributed by atoms with Crippen LogP contribution in [0, 0.1) is 17.8 Å². The topological polar surface area (TPSA) is 112 Å². The molecule has 2 aliphatic rings. The van der Waals surface area contributed by atoms with E-state index in [0.29, 0.717) is 12.3 Å². The molecule has 0 aliphatic heterocycles. The first kappa shape index (κ1) is 22.3. The number of benzene rings is 1. The van der Waals surface area contributed by atoms with E-state index in [1.165, 1.54) is 25.7 Å². The number of amides is 1. The number of rotatable bonds is 4. The molecule has 3 aromatic rings. The van der Waals surface area contributed by atoms with Crippen molar-refractivity contribution in [3.05, 3.63) is 29.1 Å². The molecule has 2 aromatic heterocycles. The van der Waals surface area contributed by atoms with E-state index in [1.807, 2.05) is 29.1 Å². The molecule has 3 atom stereocenters. The number of halogens is 3. The summed E-state index contributed by atoms with van der Waals surface area (Å²) < 4.78 is 31.5. The molecule has 170 valence electrons. The van der Waals surface area contributed by atoms with Gasteiger partial charge in [-0.15, -0.1) is 11.3 Å². The number of aromatic nitrogens is 3. The first-order valence-electron chi connectivity index (χ1n) is 10.2. The minimum absolute atomic E-state index is 0.146. The quantitative estimate of drug-likeness (QED) is 0.615. The van der Waals surface area contributed by atoms with Crippen LogP contribution in [0.2, 0.25) is 0 Å². The fourth-order valence-corrected chi connectivity index (χ4v) is 5.22. The van der Waals surface area contributed by atoms with Gasteiger partial charge in [0, 0.05) is 23.6 Å². The van der Waals surface area contributed by atoms with E-state index in [-0.39, 0.29) is 5.91 Å². The number of hydrogen-bond donors (Lipinski definition) is 2. The molecule has 32 heavy (non-hydrogen) atoms. The number of aromatic amines is 2. The van der Waals surface area contributed by atoms with Crippen LogP contribution in [-0.2, 0) is 9.59 Å². The third-order valence-electron chi connectivity index (χ3n) is 6.07. The standard InChI is InChI=1S/C19H20N4OS.C2HF3O2/c24-18(7-13-6-11-1-2-12(13)5-11)21-14-3-4-15-16(8-14)23-19(22-15)17-9-25-10-20-17;3-2(4,5)1(6)7/h3-4,8-13H,1-2,5-7H2,(H,21,24)(H,22,23);(H,6,7)/t11-,12+,13?;/m1./s1. The van der Waals surface area contributed by atoms with Gasteiger partial charge in [0.05, 0.1) is 5.51 Å². The Morgan fingerprint density at radius 1 is 1.28 bits per heavy atom. The smallest absolute Gasteiger partial charge is 0.430 e. The lowest BCUT2D eigenvalue weighted by molar-refractivity contribution is -0.344.